The first-order chi connectivity index (χ1) is 7.74. The SMILES string of the molecule is CC(C)Sc1ccc(CC2CCCN2)cc1. The second-order valence-corrected chi connectivity index (χ2v) is 6.46. The molecule has 0 spiro atoms. The van der Waals surface area contributed by atoms with E-state index in [9.17, 15) is 0 Å². The van der Waals surface area contributed by atoms with E-state index in [0.717, 1.165) is 0 Å². The van der Waals surface area contributed by atoms with Crippen LogP contribution in [0.25, 0.3) is 0 Å². The highest BCUT2D eigenvalue weighted by molar-refractivity contribution is 7.99. The minimum atomic E-state index is 0.669. The largest absolute Gasteiger partial charge is 0.314 e. The van der Waals surface area contributed by atoms with E-state index in [1.54, 1.807) is 0 Å². The lowest BCUT2D eigenvalue weighted by Gasteiger charge is -2.11. The molecule has 0 radical (unpaired) electrons. The predicted octanol–water partition coefficient (Wildman–Crippen LogP) is 3.48. The zero-order chi connectivity index (χ0) is 11.4. The maximum atomic E-state index is 3.55. The van der Waals surface area contributed by atoms with Crippen LogP contribution in [0.1, 0.15) is 32.3 Å². The quantitative estimate of drug-likeness (QED) is 0.802. The predicted molar refractivity (Wildman–Crippen MR) is 72.2 cm³/mol. The molecule has 0 saturated carbocycles. The zero-order valence-electron chi connectivity index (χ0n) is 10.2. The number of hydrogen-bond acceptors (Lipinski definition) is 2. The fourth-order valence-electron chi connectivity index (χ4n) is 2.19. The third-order valence-electron chi connectivity index (χ3n) is 2.94. The summed E-state index contributed by atoms with van der Waals surface area (Å²) in [6.07, 6.45) is 3.86. The molecule has 1 heterocycles. The minimum absolute atomic E-state index is 0.669. The van der Waals surface area contributed by atoms with Crippen LogP contribution in [0.15, 0.2) is 29.2 Å². The Morgan fingerprint density at radius 2 is 2.06 bits per heavy atom. The van der Waals surface area contributed by atoms with Crippen molar-refractivity contribution >= 4 is 11.8 Å². The first-order valence-corrected chi connectivity index (χ1v) is 7.11. The smallest absolute Gasteiger partial charge is 0.0108 e. The first-order valence-electron chi connectivity index (χ1n) is 6.23. The molecular formula is C14H21NS. The van der Waals surface area contributed by atoms with Gasteiger partial charge in [-0.1, -0.05) is 26.0 Å². The maximum Gasteiger partial charge on any atom is 0.0108 e. The minimum Gasteiger partial charge on any atom is -0.314 e. The highest BCUT2D eigenvalue weighted by Crippen LogP contribution is 2.23. The van der Waals surface area contributed by atoms with Gasteiger partial charge in [0.2, 0.25) is 0 Å². The highest BCUT2D eigenvalue weighted by atomic mass is 32.2. The monoisotopic (exact) mass is 235 g/mol. The van der Waals surface area contributed by atoms with Crippen molar-refractivity contribution in [3.05, 3.63) is 29.8 Å². The number of rotatable bonds is 4. The number of nitrogens with one attached hydrogen (secondary N) is 1. The van der Waals surface area contributed by atoms with Gasteiger partial charge in [0.25, 0.3) is 0 Å². The van der Waals surface area contributed by atoms with Crippen molar-refractivity contribution in [3.63, 3.8) is 0 Å². The topological polar surface area (TPSA) is 12.0 Å². The summed E-state index contributed by atoms with van der Waals surface area (Å²) in [5.41, 5.74) is 1.47. The molecule has 1 nitrogen and oxygen atoms in total. The molecular weight excluding hydrogens is 214 g/mol. The van der Waals surface area contributed by atoms with E-state index in [2.05, 4.69) is 43.4 Å². The molecule has 1 aliphatic rings. The molecule has 16 heavy (non-hydrogen) atoms. The lowest BCUT2D eigenvalue weighted by atomic mass is 10.1. The van der Waals surface area contributed by atoms with Crippen molar-refractivity contribution in [2.24, 2.45) is 0 Å². The third-order valence-corrected chi connectivity index (χ3v) is 3.96. The van der Waals surface area contributed by atoms with Crippen LogP contribution < -0.4 is 5.32 Å². The van der Waals surface area contributed by atoms with Crippen molar-refractivity contribution in [3.8, 4) is 0 Å². The van der Waals surface area contributed by atoms with Crippen molar-refractivity contribution < 1.29 is 0 Å². The third kappa shape index (κ3) is 3.53. The molecule has 88 valence electrons. The first kappa shape index (κ1) is 12.0. The Morgan fingerprint density at radius 1 is 1.31 bits per heavy atom. The van der Waals surface area contributed by atoms with Gasteiger partial charge in [-0.25, -0.2) is 0 Å². The molecule has 1 aromatic rings. The van der Waals surface area contributed by atoms with Crippen LogP contribution >= 0.6 is 11.8 Å². The van der Waals surface area contributed by atoms with Gasteiger partial charge in [0.15, 0.2) is 0 Å². The molecule has 0 aliphatic carbocycles. The fraction of sp³-hybridized carbons (Fsp3) is 0.571. The molecule has 0 bridgehead atoms. The summed E-state index contributed by atoms with van der Waals surface area (Å²) in [7, 11) is 0. The van der Waals surface area contributed by atoms with Crippen LogP contribution in [-0.4, -0.2) is 17.8 Å². The van der Waals surface area contributed by atoms with Gasteiger partial charge in [0.1, 0.15) is 0 Å². The van der Waals surface area contributed by atoms with E-state index in [4.69, 9.17) is 0 Å². The summed E-state index contributed by atoms with van der Waals surface area (Å²) in [5, 5.41) is 4.22. The summed E-state index contributed by atoms with van der Waals surface area (Å²) in [4.78, 5) is 1.39. The van der Waals surface area contributed by atoms with Gasteiger partial charge >= 0.3 is 0 Å². The summed E-state index contributed by atoms with van der Waals surface area (Å²) >= 11 is 1.93. The molecule has 1 atom stereocenters. The van der Waals surface area contributed by atoms with E-state index in [1.165, 1.54) is 36.3 Å². The average molecular weight is 235 g/mol. The molecule has 2 heteroatoms. The Morgan fingerprint density at radius 3 is 2.62 bits per heavy atom. The molecule has 1 aliphatic heterocycles. The number of thioether (sulfide) groups is 1. The standard InChI is InChI=1S/C14H21NS/c1-11(2)16-14-7-5-12(6-8-14)10-13-4-3-9-15-13/h5-8,11,13,15H,3-4,9-10H2,1-2H3. The summed E-state index contributed by atoms with van der Waals surface area (Å²) < 4.78 is 0. The normalized spacial score (nSPS) is 20.6. The Hall–Kier alpha value is -0.470. The summed E-state index contributed by atoms with van der Waals surface area (Å²) in [6, 6.07) is 9.79. The average Bonchev–Trinajstić information content (AvgIpc) is 2.73. The van der Waals surface area contributed by atoms with Gasteiger partial charge in [-0.2, -0.15) is 0 Å². The van der Waals surface area contributed by atoms with Crippen LogP contribution in [0, 0.1) is 0 Å². The molecule has 1 unspecified atom stereocenters. The molecule has 1 saturated heterocycles. The Bertz CT molecular complexity index is 312. The molecule has 1 fully saturated rings. The fourth-order valence-corrected chi connectivity index (χ4v) is 3.03. The zero-order valence-corrected chi connectivity index (χ0v) is 11.0. The van der Waals surface area contributed by atoms with E-state index < -0.39 is 0 Å². The Balaban J connectivity index is 1.90. The lowest BCUT2D eigenvalue weighted by Crippen LogP contribution is -2.23. The maximum absolute atomic E-state index is 3.55. The van der Waals surface area contributed by atoms with Gasteiger partial charge in [-0.15, -0.1) is 11.8 Å². The Labute approximate surface area is 103 Å². The number of benzene rings is 1. The Kier molecular flexibility index (Phi) is 4.30. The van der Waals surface area contributed by atoms with Crippen molar-refractivity contribution in [2.75, 3.05) is 6.54 Å². The second kappa shape index (κ2) is 5.74. The van der Waals surface area contributed by atoms with E-state index >= 15 is 0 Å². The van der Waals surface area contributed by atoms with E-state index in [-0.39, 0.29) is 0 Å². The van der Waals surface area contributed by atoms with Crippen molar-refractivity contribution in [2.45, 2.75) is 49.3 Å². The van der Waals surface area contributed by atoms with Gasteiger partial charge in [0, 0.05) is 16.2 Å². The lowest BCUT2D eigenvalue weighted by molar-refractivity contribution is 0.603. The van der Waals surface area contributed by atoms with Crippen LogP contribution in [0.4, 0.5) is 0 Å². The van der Waals surface area contributed by atoms with Gasteiger partial charge < -0.3 is 5.32 Å². The molecule has 0 amide bonds. The molecule has 1 aromatic carbocycles. The van der Waals surface area contributed by atoms with Crippen molar-refractivity contribution in [1.29, 1.82) is 0 Å². The van der Waals surface area contributed by atoms with Gasteiger partial charge in [-0.05, 0) is 43.5 Å². The molecule has 1 N–H and O–H groups in total. The van der Waals surface area contributed by atoms with Crippen molar-refractivity contribution in [1.82, 2.24) is 5.32 Å². The van der Waals surface area contributed by atoms with Gasteiger partial charge in [-0.3, -0.25) is 0 Å². The molecule has 2 rings (SSSR count). The van der Waals surface area contributed by atoms with Crippen LogP contribution in [0.2, 0.25) is 0 Å². The number of hydrogen-bond donors (Lipinski definition) is 1. The van der Waals surface area contributed by atoms with Gasteiger partial charge in [0.05, 0.1) is 0 Å². The van der Waals surface area contributed by atoms with Crippen LogP contribution in [0.3, 0.4) is 0 Å². The highest BCUT2D eigenvalue weighted by Gasteiger charge is 2.13. The van der Waals surface area contributed by atoms with Crippen LogP contribution in [0.5, 0.6) is 0 Å². The summed E-state index contributed by atoms with van der Waals surface area (Å²) in [5.74, 6) is 0. The molecule has 0 aromatic heterocycles. The second-order valence-electron chi connectivity index (χ2n) is 4.81. The van der Waals surface area contributed by atoms with E-state index in [1.807, 2.05) is 11.8 Å². The summed E-state index contributed by atoms with van der Waals surface area (Å²) in [6.45, 7) is 5.67. The van der Waals surface area contributed by atoms with E-state index in [0.29, 0.717) is 11.3 Å². The van der Waals surface area contributed by atoms with Crippen LogP contribution in [-0.2, 0) is 6.42 Å².